The standard InChI is InChI=1S/C11H15O.2C3H8O.CH3.Ti/c1-2-3-9-12-10-11-7-5-4-6-8-11;2*1-3(2)4;;/h4-8H,1-3,9-10H2;2*3-4H,1-2H3;1H3;/q-1;;;-1;+2. The van der Waals surface area contributed by atoms with Crippen molar-refractivity contribution in [2.75, 3.05) is 6.61 Å². The summed E-state index contributed by atoms with van der Waals surface area (Å²) >= 11 is 0. The van der Waals surface area contributed by atoms with Gasteiger partial charge in [-0.25, -0.2) is 0 Å². The fourth-order valence-electron chi connectivity index (χ4n) is 0.968. The molecule has 1 rings (SSSR count). The monoisotopic (exact) mass is 346 g/mol. The first-order valence-electron chi connectivity index (χ1n) is 7.17. The van der Waals surface area contributed by atoms with Crippen LogP contribution in [0.15, 0.2) is 30.3 Å². The van der Waals surface area contributed by atoms with Gasteiger partial charge >= 0.3 is 21.7 Å². The predicted molar refractivity (Wildman–Crippen MR) is 91.8 cm³/mol. The van der Waals surface area contributed by atoms with Gasteiger partial charge in [0, 0.05) is 18.8 Å². The second kappa shape index (κ2) is 23.1. The van der Waals surface area contributed by atoms with Crippen LogP contribution in [0.5, 0.6) is 0 Å². The maximum atomic E-state index is 8.06. The van der Waals surface area contributed by atoms with Crippen molar-refractivity contribution in [3.63, 3.8) is 0 Å². The van der Waals surface area contributed by atoms with Crippen molar-refractivity contribution in [2.45, 2.75) is 59.4 Å². The van der Waals surface area contributed by atoms with E-state index in [1.165, 1.54) is 5.56 Å². The van der Waals surface area contributed by atoms with Crippen molar-refractivity contribution in [1.82, 2.24) is 0 Å². The van der Waals surface area contributed by atoms with E-state index in [-0.39, 0.29) is 41.4 Å². The molecule has 0 aromatic heterocycles. The molecule has 0 radical (unpaired) electrons. The molecule has 4 heteroatoms. The molecule has 22 heavy (non-hydrogen) atoms. The number of hydrogen-bond acceptors (Lipinski definition) is 3. The van der Waals surface area contributed by atoms with Crippen LogP contribution in [-0.2, 0) is 33.1 Å². The number of hydrogen-bond donors (Lipinski definition) is 2. The molecule has 1 aromatic rings. The molecule has 0 unspecified atom stereocenters. The van der Waals surface area contributed by atoms with E-state index in [9.17, 15) is 0 Å². The Morgan fingerprint density at radius 2 is 1.41 bits per heavy atom. The number of aliphatic hydroxyl groups excluding tert-OH is 2. The third-order valence-corrected chi connectivity index (χ3v) is 1.65. The van der Waals surface area contributed by atoms with Crippen LogP contribution in [0.4, 0.5) is 0 Å². The van der Waals surface area contributed by atoms with Crippen LogP contribution in [0, 0.1) is 14.4 Å². The Morgan fingerprint density at radius 1 is 1.00 bits per heavy atom. The summed E-state index contributed by atoms with van der Waals surface area (Å²) in [6.45, 7) is 12.2. The number of ether oxygens (including phenoxy) is 1. The Balaban J connectivity index is -0.000000138. The van der Waals surface area contributed by atoms with Gasteiger partial charge < -0.3 is 29.3 Å². The van der Waals surface area contributed by atoms with Gasteiger partial charge in [-0.2, -0.15) is 6.42 Å². The molecule has 0 aliphatic carbocycles. The first-order valence-corrected chi connectivity index (χ1v) is 7.17. The van der Waals surface area contributed by atoms with Crippen LogP contribution in [0.3, 0.4) is 0 Å². The summed E-state index contributed by atoms with van der Waals surface area (Å²) in [7, 11) is 0. The maximum absolute atomic E-state index is 8.06. The third kappa shape index (κ3) is 36.8. The Morgan fingerprint density at radius 3 is 1.77 bits per heavy atom. The molecule has 2 N–H and O–H groups in total. The molecular formula is C18H34O3Ti. The fraction of sp³-hybridized carbons (Fsp3) is 0.556. The minimum atomic E-state index is -0.167. The first-order chi connectivity index (χ1) is 9.40. The molecule has 0 aliphatic heterocycles. The molecule has 0 heterocycles. The van der Waals surface area contributed by atoms with Crippen molar-refractivity contribution in [3.05, 3.63) is 50.2 Å². The van der Waals surface area contributed by atoms with E-state index in [1.807, 2.05) is 18.2 Å². The Kier molecular flexibility index (Phi) is 31.2. The zero-order valence-corrected chi connectivity index (χ0v) is 16.4. The van der Waals surface area contributed by atoms with Gasteiger partial charge in [-0.15, -0.1) is 0 Å². The molecule has 0 aliphatic rings. The van der Waals surface area contributed by atoms with Crippen molar-refractivity contribution >= 4 is 0 Å². The first kappa shape index (κ1) is 29.8. The molecule has 0 amide bonds. The van der Waals surface area contributed by atoms with Crippen molar-refractivity contribution in [2.24, 2.45) is 0 Å². The minimum absolute atomic E-state index is 0. The number of benzene rings is 1. The molecule has 128 valence electrons. The van der Waals surface area contributed by atoms with E-state index in [1.54, 1.807) is 27.7 Å². The summed E-state index contributed by atoms with van der Waals surface area (Å²) < 4.78 is 5.42. The Hall–Kier alpha value is -0.186. The number of unbranched alkanes of at least 4 members (excludes halogenated alkanes) is 1. The maximum Gasteiger partial charge on any atom is 2.00 e. The average molecular weight is 346 g/mol. The van der Waals surface area contributed by atoms with E-state index in [4.69, 9.17) is 14.9 Å². The largest absolute Gasteiger partial charge is 2.00 e. The van der Waals surface area contributed by atoms with E-state index < -0.39 is 0 Å². The molecule has 0 saturated carbocycles. The van der Waals surface area contributed by atoms with Crippen LogP contribution < -0.4 is 0 Å². The van der Waals surface area contributed by atoms with Crippen molar-refractivity contribution in [3.8, 4) is 0 Å². The minimum Gasteiger partial charge on any atom is -0.394 e. The second-order valence-electron chi connectivity index (χ2n) is 4.93. The zero-order valence-electron chi connectivity index (χ0n) is 14.9. The molecule has 0 saturated heterocycles. The number of aliphatic hydroxyl groups is 2. The molecule has 0 spiro atoms. The normalized spacial score (nSPS) is 8.77. The van der Waals surface area contributed by atoms with E-state index in [2.05, 4.69) is 19.1 Å². The summed E-state index contributed by atoms with van der Waals surface area (Å²) in [6.07, 6.45) is 1.67. The van der Waals surface area contributed by atoms with Crippen LogP contribution in [0.1, 0.15) is 46.1 Å². The van der Waals surface area contributed by atoms with Crippen LogP contribution >= 0.6 is 0 Å². The van der Waals surface area contributed by atoms with Gasteiger partial charge in [-0.05, 0) is 33.3 Å². The molecule has 3 nitrogen and oxygen atoms in total. The van der Waals surface area contributed by atoms with Gasteiger partial charge in [0.1, 0.15) is 0 Å². The Labute approximate surface area is 153 Å². The van der Waals surface area contributed by atoms with E-state index in [0.717, 1.165) is 26.1 Å². The summed E-state index contributed by atoms with van der Waals surface area (Å²) in [5.74, 6) is 0. The topological polar surface area (TPSA) is 49.7 Å². The molecule has 0 bridgehead atoms. The van der Waals surface area contributed by atoms with Crippen LogP contribution in [-0.4, -0.2) is 29.0 Å². The number of rotatable bonds is 5. The summed E-state index contributed by atoms with van der Waals surface area (Å²) in [4.78, 5) is 0. The molecule has 0 atom stereocenters. The quantitative estimate of drug-likeness (QED) is 0.481. The van der Waals surface area contributed by atoms with Gasteiger partial charge in [-0.3, -0.25) is 0 Å². The second-order valence-corrected chi connectivity index (χ2v) is 4.93. The van der Waals surface area contributed by atoms with E-state index >= 15 is 0 Å². The molecular weight excluding hydrogens is 312 g/mol. The van der Waals surface area contributed by atoms with Crippen molar-refractivity contribution in [1.29, 1.82) is 0 Å². The van der Waals surface area contributed by atoms with Gasteiger partial charge in [0.25, 0.3) is 0 Å². The SMILES string of the molecule is CC(C)O.CC(C)O.[CH2-]CCCOCc1ccccc1.[CH3-].[Ti+2]. The van der Waals surface area contributed by atoms with Crippen LogP contribution in [0.2, 0.25) is 0 Å². The van der Waals surface area contributed by atoms with Gasteiger partial charge in [0.15, 0.2) is 0 Å². The van der Waals surface area contributed by atoms with Gasteiger partial charge in [-0.1, -0.05) is 36.8 Å². The molecule has 0 fully saturated rings. The van der Waals surface area contributed by atoms with Gasteiger partial charge in [0.2, 0.25) is 0 Å². The summed E-state index contributed by atoms with van der Waals surface area (Å²) in [5.41, 5.74) is 1.24. The summed E-state index contributed by atoms with van der Waals surface area (Å²) in [5, 5.41) is 16.1. The third-order valence-electron chi connectivity index (χ3n) is 1.65. The van der Waals surface area contributed by atoms with E-state index in [0.29, 0.717) is 0 Å². The molecule has 1 aromatic carbocycles. The fourth-order valence-corrected chi connectivity index (χ4v) is 0.968. The van der Waals surface area contributed by atoms with Crippen LogP contribution in [0.25, 0.3) is 0 Å². The summed E-state index contributed by atoms with van der Waals surface area (Å²) in [6, 6.07) is 10.2. The van der Waals surface area contributed by atoms with Crippen molar-refractivity contribution < 1.29 is 36.7 Å². The Bertz CT molecular complexity index is 265. The average Bonchev–Trinajstić information content (AvgIpc) is 2.35. The van der Waals surface area contributed by atoms with Gasteiger partial charge in [0.05, 0.1) is 6.61 Å². The smallest absolute Gasteiger partial charge is 0.394 e. The zero-order chi connectivity index (χ0) is 15.8. The predicted octanol–water partition coefficient (Wildman–Crippen LogP) is 4.04.